The number of unbranched alkanes of at least 4 members (excludes halogenated alkanes) is 1. The zero-order valence-corrected chi connectivity index (χ0v) is 21.6. The van der Waals surface area contributed by atoms with Gasteiger partial charge in [0.15, 0.2) is 0 Å². The van der Waals surface area contributed by atoms with Gasteiger partial charge in [0.2, 0.25) is 11.8 Å². The van der Waals surface area contributed by atoms with E-state index in [0.717, 1.165) is 24.0 Å². The summed E-state index contributed by atoms with van der Waals surface area (Å²) in [7, 11) is 0. The second kappa shape index (κ2) is 13.9. The first-order valence-corrected chi connectivity index (χ1v) is 12.8. The maximum absolute atomic E-state index is 13.7. The van der Waals surface area contributed by atoms with Crippen molar-refractivity contribution in [1.82, 2.24) is 10.2 Å². The summed E-state index contributed by atoms with van der Waals surface area (Å²) in [5.74, 6) is -0.282. The molecule has 0 heterocycles. The van der Waals surface area contributed by atoms with Crippen LogP contribution >= 0.6 is 23.2 Å². The van der Waals surface area contributed by atoms with Gasteiger partial charge in [-0.3, -0.25) is 9.59 Å². The maximum atomic E-state index is 13.7. The summed E-state index contributed by atoms with van der Waals surface area (Å²) in [6.07, 6.45) is 3.11. The Morgan fingerprint density at radius 3 is 2.06 bits per heavy atom. The van der Waals surface area contributed by atoms with E-state index in [1.165, 1.54) is 0 Å². The van der Waals surface area contributed by atoms with Gasteiger partial charge < -0.3 is 10.2 Å². The number of amides is 2. The van der Waals surface area contributed by atoms with Gasteiger partial charge in [-0.05, 0) is 36.1 Å². The zero-order valence-electron chi connectivity index (χ0n) is 20.1. The molecule has 3 aromatic rings. The molecule has 0 aromatic heterocycles. The minimum Gasteiger partial charge on any atom is -0.354 e. The molecule has 3 rings (SSSR count). The highest BCUT2D eigenvalue weighted by molar-refractivity contribution is 6.36. The van der Waals surface area contributed by atoms with Crippen molar-refractivity contribution in [3.05, 3.63) is 106 Å². The first kappa shape index (κ1) is 26.8. The molecule has 0 radical (unpaired) electrons. The molecular weight excluding hydrogens is 479 g/mol. The second-order valence-electron chi connectivity index (χ2n) is 8.56. The molecule has 1 atom stereocenters. The van der Waals surface area contributed by atoms with Crippen molar-refractivity contribution in [3.63, 3.8) is 0 Å². The molecule has 0 aliphatic heterocycles. The first-order valence-electron chi connectivity index (χ1n) is 12.1. The lowest BCUT2D eigenvalue weighted by Gasteiger charge is -2.32. The SMILES string of the molecule is CCCCNC(=O)[C@@H](Cc1ccccc1)N(Cc1c(Cl)cccc1Cl)C(=O)CCc1ccccc1. The number of carbonyl (C=O) groups excluding carboxylic acids is 2. The third-order valence-corrected chi connectivity index (χ3v) is 6.67. The fourth-order valence-corrected chi connectivity index (χ4v) is 4.47. The molecule has 0 aliphatic carbocycles. The number of hydrogen-bond acceptors (Lipinski definition) is 2. The summed E-state index contributed by atoms with van der Waals surface area (Å²) in [5, 5.41) is 3.98. The highest BCUT2D eigenvalue weighted by Gasteiger charge is 2.31. The van der Waals surface area contributed by atoms with Crippen LogP contribution in [0.2, 0.25) is 10.0 Å². The number of carbonyl (C=O) groups is 2. The number of nitrogens with one attached hydrogen (secondary N) is 1. The molecule has 1 N–H and O–H groups in total. The Morgan fingerprint density at radius 1 is 0.857 bits per heavy atom. The van der Waals surface area contributed by atoms with Gasteiger partial charge in [0.05, 0.1) is 0 Å². The van der Waals surface area contributed by atoms with Crippen LogP contribution in [0, 0.1) is 0 Å². The molecule has 3 aromatic carbocycles. The Labute approximate surface area is 218 Å². The third kappa shape index (κ3) is 8.12. The molecule has 2 amide bonds. The fourth-order valence-electron chi connectivity index (χ4n) is 3.95. The molecule has 0 aliphatic rings. The van der Waals surface area contributed by atoms with Crippen molar-refractivity contribution in [2.24, 2.45) is 0 Å². The highest BCUT2D eigenvalue weighted by Crippen LogP contribution is 2.27. The first-order chi connectivity index (χ1) is 17.0. The summed E-state index contributed by atoms with van der Waals surface area (Å²) < 4.78 is 0. The van der Waals surface area contributed by atoms with Crippen LogP contribution in [-0.4, -0.2) is 29.3 Å². The Hall–Kier alpha value is -2.82. The Morgan fingerprint density at radius 2 is 1.46 bits per heavy atom. The number of benzene rings is 3. The smallest absolute Gasteiger partial charge is 0.243 e. The molecule has 4 nitrogen and oxygen atoms in total. The van der Waals surface area contributed by atoms with Crippen LogP contribution in [0.5, 0.6) is 0 Å². The Bertz CT molecular complexity index is 1070. The molecule has 6 heteroatoms. The monoisotopic (exact) mass is 510 g/mol. The molecular formula is C29H32Cl2N2O2. The lowest BCUT2D eigenvalue weighted by molar-refractivity contribution is -0.141. The van der Waals surface area contributed by atoms with Gasteiger partial charge >= 0.3 is 0 Å². The van der Waals surface area contributed by atoms with Gasteiger partial charge in [0, 0.05) is 41.5 Å². The van der Waals surface area contributed by atoms with E-state index in [1.807, 2.05) is 60.7 Å². The van der Waals surface area contributed by atoms with Crippen molar-refractivity contribution < 1.29 is 9.59 Å². The topological polar surface area (TPSA) is 49.4 Å². The summed E-state index contributed by atoms with van der Waals surface area (Å²) in [6, 6.07) is 24.2. The molecule has 0 spiro atoms. The third-order valence-electron chi connectivity index (χ3n) is 5.96. The zero-order chi connectivity index (χ0) is 25.0. The van der Waals surface area contributed by atoms with Crippen molar-refractivity contribution >= 4 is 35.0 Å². The maximum Gasteiger partial charge on any atom is 0.243 e. The average Bonchev–Trinajstić information content (AvgIpc) is 2.87. The normalized spacial score (nSPS) is 11.6. The lowest BCUT2D eigenvalue weighted by atomic mass is 10.0. The summed E-state index contributed by atoms with van der Waals surface area (Å²) in [5.41, 5.74) is 2.70. The quantitative estimate of drug-likeness (QED) is 0.283. The number of aryl methyl sites for hydroxylation is 1. The van der Waals surface area contributed by atoms with Crippen LogP contribution in [-0.2, 0) is 29.0 Å². The van der Waals surface area contributed by atoms with Crippen LogP contribution in [0.25, 0.3) is 0 Å². The van der Waals surface area contributed by atoms with Crippen LogP contribution in [0.4, 0.5) is 0 Å². The summed E-state index contributed by atoms with van der Waals surface area (Å²) in [6.45, 7) is 2.80. The Kier molecular flexibility index (Phi) is 10.6. The molecule has 0 fully saturated rings. The van der Waals surface area contributed by atoms with E-state index < -0.39 is 6.04 Å². The van der Waals surface area contributed by atoms with Gasteiger partial charge in [-0.2, -0.15) is 0 Å². The summed E-state index contributed by atoms with van der Waals surface area (Å²) in [4.78, 5) is 28.7. The minimum absolute atomic E-state index is 0.114. The highest BCUT2D eigenvalue weighted by atomic mass is 35.5. The molecule has 0 saturated carbocycles. The van der Waals surface area contributed by atoms with Crippen molar-refractivity contribution in [2.75, 3.05) is 6.54 Å². The number of nitrogens with zero attached hydrogens (tertiary/aromatic N) is 1. The van der Waals surface area contributed by atoms with Gasteiger partial charge in [-0.15, -0.1) is 0 Å². The van der Waals surface area contributed by atoms with Gasteiger partial charge in [0.25, 0.3) is 0 Å². The van der Waals surface area contributed by atoms with E-state index in [1.54, 1.807) is 23.1 Å². The molecule has 0 bridgehead atoms. The second-order valence-corrected chi connectivity index (χ2v) is 9.37. The van der Waals surface area contributed by atoms with Crippen LogP contribution in [0.3, 0.4) is 0 Å². The van der Waals surface area contributed by atoms with Crippen molar-refractivity contribution in [3.8, 4) is 0 Å². The predicted molar refractivity (Wildman–Crippen MR) is 144 cm³/mol. The van der Waals surface area contributed by atoms with E-state index in [2.05, 4.69) is 12.2 Å². The summed E-state index contributed by atoms with van der Waals surface area (Å²) >= 11 is 13.0. The van der Waals surface area contributed by atoms with E-state index in [-0.39, 0.29) is 24.8 Å². The number of hydrogen-bond donors (Lipinski definition) is 1. The Balaban J connectivity index is 1.93. The van der Waals surface area contributed by atoms with Crippen molar-refractivity contribution in [1.29, 1.82) is 0 Å². The van der Waals surface area contributed by atoms with Crippen molar-refractivity contribution in [2.45, 2.75) is 51.6 Å². The largest absolute Gasteiger partial charge is 0.354 e. The van der Waals surface area contributed by atoms with Gasteiger partial charge in [-0.25, -0.2) is 0 Å². The van der Waals surface area contributed by atoms with E-state index >= 15 is 0 Å². The minimum atomic E-state index is -0.690. The predicted octanol–water partition coefficient (Wildman–Crippen LogP) is 6.48. The van der Waals surface area contributed by atoms with E-state index in [9.17, 15) is 9.59 Å². The molecule has 35 heavy (non-hydrogen) atoms. The fraction of sp³-hybridized carbons (Fsp3) is 0.310. The standard InChI is InChI=1S/C29H32Cl2N2O2/c1-2-3-19-32-29(35)27(20-23-13-8-5-9-14-23)33(21-24-25(30)15-10-16-26(24)31)28(34)18-17-22-11-6-4-7-12-22/h4-16,27H,2-3,17-21H2,1H3,(H,32,35)/t27-/m1/s1. The molecule has 0 unspecified atom stereocenters. The van der Waals surface area contributed by atoms with Crippen LogP contribution in [0.1, 0.15) is 42.9 Å². The number of halogens is 2. The molecule has 184 valence electrons. The van der Waals surface area contributed by atoms with Crippen LogP contribution < -0.4 is 5.32 Å². The van der Waals surface area contributed by atoms with Gasteiger partial charge in [-0.1, -0.05) is 103 Å². The van der Waals surface area contributed by atoms with Gasteiger partial charge in [0.1, 0.15) is 6.04 Å². The molecule has 0 saturated heterocycles. The number of rotatable bonds is 12. The van der Waals surface area contributed by atoms with Crippen LogP contribution in [0.15, 0.2) is 78.9 Å². The van der Waals surface area contributed by atoms with E-state index in [4.69, 9.17) is 23.2 Å². The van der Waals surface area contributed by atoms with E-state index in [0.29, 0.717) is 35.0 Å². The average molecular weight is 511 g/mol. The lowest BCUT2D eigenvalue weighted by Crippen LogP contribution is -2.50.